The average molecular weight is 333 g/mol. The van der Waals surface area contributed by atoms with Crippen molar-refractivity contribution in [3.05, 3.63) is 28.8 Å². The SMILES string of the molecule is Cc1cc(C)c(NC(=O)NCC2CN(CC(C)C)CCO2)c(C)c1. The lowest BCUT2D eigenvalue weighted by Gasteiger charge is -2.34. The van der Waals surface area contributed by atoms with Crippen molar-refractivity contribution in [3.8, 4) is 0 Å². The lowest BCUT2D eigenvalue weighted by atomic mass is 10.1. The zero-order chi connectivity index (χ0) is 17.7. The summed E-state index contributed by atoms with van der Waals surface area (Å²) in [6, 6.07) is 3.99. The third-order valence-electron chi connectivity index (χ3n) is 4.25. The number of ether oxygens (including phenoxy) is 1. The molecule has 2 N–H and O–H groups in total. The van der Waals surface area contributed by atoms with Crippen LogP contribution in [0.3, 0.4) is 0 Å². The number of carbonyl (C=O) groups is 1. The van der Waals surface area contributed by atoms with E-state index in [1.54, 1.807) is 0 Å². The van der Waals surface area contributed by atoms with Crippen LogP contribution in [-0.2, 0) is 4.74 Å². The minimum absolute atomic E-state index is 0.0588. The van der Waals surface area contributed by atoms with Crippen molar-refractivity contribution in [3.63, 3.8) is 0 Å². The predicted octanol–water partition coefficient (Wildman–Crippen LogP) is 3.09. The lowest BCUT2D eigenvalue weighted by Crippen LogP contribution is -2.48. The molecule has 1 atom stereocenters. The highest BCUT2D eigenvalue weighted by atomic mass is 16.5. The summed E-state index contributed by atoms with van der Waals surface area (Å²) in [5, 5.41) is 5.91. The van der Waals surface area contributed by atoms with Crippen molar-refractivity contribution in [2.24, 2.45) is 5.92 Å². The molecule has 1 saturated heterocycles. The third-order valence-corrected chi connectivity index (χ3v) is 4.25. The fraction of sp³-hybridized carbons (Fsp3) is 0.632. The second kappa shape index (κ2) is 8.49. The second-order valence-electron chi connectivity index (χ2n) is 7.25. The van der Waals surface area contributed by atoms with Gasteiger partial charge < -0.3 is 15.4 Å². The topological polar surface area (TPSA) is 53.6 Å². The summed E-state index contributed by atoms with van der Waals surface area (Å²) in [4.78, 5) is 14.6. The number of aryl methyl sites for hydroxylation is 3. The summed E-state index contributed by atoms with van der Waals surface area (Å²) in [5.74, 6) is 0.646. The van der Waals surface area contributed by atoms with E-state index in [1.807, 2.05) is 13.8 Å². The molecule has 1 unspecified atom stereocenters. The van der Waals surface area contributed by atoms with Crippen LogP contribution >= 0.6 is 0 Å². The molecular weight excluding hydrogens is 302 g/mol. The molecule has 0 bridgehead atoms. The Morgan fingerprint density at radius 3 is 2.58 bits per heavy atom. The number of nitrogens with zero attached hydrogens (tertiary/aromatic N) is 1. The number of carbonyl (C=O) groups excluding carboxylic acids is 1. The van der Waals surface area contributed by atoms with Crippen LogP contribution < -0.4 is 10.6 Å². The van der Waals surface area contributed by atoms with Gasteiger partial charge >= 0.3 is 6.03 Å². The fourth-order valence-electron chi connectivity index (χ4n) is 3.33. The first-order valence-electron chi connectivity index (χ1n) is 8.81. The number of benzene rings is 1. The summed E-state index contributed by atoms with van der Waals surface area (Å²) < 4.78 is 5.77. The van der Waals surface area contributed by atoms with E-state index in [1.165, 1.54) is 5.56 Å². The number of nitrogens with one attached hydrogen (secondary N) is 2. The van der Waals surface area contributed by atoms with Gasteiger partial charge in [0, 0.05) is 31.9 Å². The molecule has 2 rings (SSSR count). The molecule has 0 spiro atoms. The van der Waals surface area contributed by atoms with Crippen LogP contribution in [0, 0.1) is 26.7 Å². The summed E-state index contributed by atoms with van der Waals surface area (Å²) in [5.41, 5.74) is 4.26. The number of hydrogen-bond acceptors (Lipinski definition) is 3. The molecule has 2 amide bonds. The van der Waals surface area contributed by atoms with E-state index in [0.29, 0.717) is 12.5 Å². The first-order chi connectivity index (χ1) is 11.3. The molecule has 1 aliphatic heterocycles. The van der Waals surface area contributed by atoms with Gasteiger partial charge in [-0.3, -0.25) is 4.90 Å². The molecular formula is C19H31N3O2. The Morgan fingerprint density at radius 2 is 1.96 bits per heavy atom. The fourth-order valence-corrected chi connectivity index (χ4v) is 3.33. The van der Waals surface area contributed by atoms with E-state index in [4.69, 9.17) is 4.74 Å². The molecule has 1 aromatic carbocycles. The van der Waals surface area contributed by atoms with Crippen molar-refractivity contribution >= 4 is 11.7 Å². The molecule has 0 aliphatic carbocycles. The molecule has 1 aliphatic rings. The van der Waals surface area contributed by atoms with Gasteiger partial charge in [0.2, 0.25) is 0 Å². The van der Waals surface area contributed by atoms with E-state index in [9.17, 15) is 4.79 Å². The Bertz CT molecular complexity index is 549. The molecule has 1 aromatic rings. The van der Waals surface area contributed by atoms with Gasteiger partial charge in [0.05, 0.1) is 12.7 Å². The van der Waals surface area contributed by atoms with Gasteiger partial charge in [0.1, 0.15) is 0 Å². The zero-order valence-electron chi connectivity index (χ0n) is 15.6. The Balaban J connectivity index is 1.83. The lowest BCUT2D eigenvalue weighted by molar-refractivity contribution is -0.0288. The first kappa shape index (κ1) is 18.7. The van der Waals surface area contributed by atoms with Crippen molar-refractivity contribution in [1.29, 1.82) is 0 Å². The number of hydrogen-bond donors (Lipinski definition) is 2. The molecule has 1 fully saturated rings. The maximum atomic E-state index is 12.2. The molecule has 0 aromatic heterocycles. The van der Waals surface area contributed by atoms with Crippen molar-refractivity contribution in [2.45, 2.75) is 40.7 Å². The molecule has 0 radical (unpaired) electrons. The van der Waals surface area contributed by atoms with Crippen LogP contribution in [0.1, 0.15) is 30.5 Å². The molecule has 1 heterocycles. The van der Waals surface area contributed by atoms with Gasteiger partial charge in [-0.1, -0.05) is 31.5 Å². The van der Waals surface area contributed by atoms with E-state index in [0.717, 1.165) is 43.1 Å². The van der Waals surface area contributed by atoms with E-state index in [-0.39, 0.29) is 12.1 Å². The van der Waals surface area contributed by atoms with Crippen LogP contribution in [0.2, 0.25) is 0 Å². The molecule has 5 heteroatoms. The van der Waals surface area contributed by atoms with Gasteiger partial charge in [0.15, 0.2) is 0 Å². The van der Waals surface area contributed by atoms with Crippen molar-refractivity contribution < 1.29 is 9.53 Å². The Kier molecular flexibility index (Phi) is 6.63. The summed E-state index contributed by atoms with van der Waals surface area (Å²) in [7, 11) is 0. The van der Waals surface area contributed by atoms with Gasteiger partial charge in [-0.25, -0.2) is 4.79 Å². The highest BCUT2D eigenvalue weighted by Crippen LogP contribution is 2.21. The minimum Gasteiger partial charge on any atom is -0.374 e. The van der Waals surface area contributed by atoms with E-state index in [2.05, 4.69) is 48.4 Å². The van der Waals surface area contributed by atoms with Gasteiger partial charge in [-0.15, -0.1) is 0 Å². The van der Waals surface area contributed by atoms with Crippen LogP contribution in [0.15, 0.2) is 12.1 Å². The quantitative estimate of drug-likeness (QED) is 0.870. The standard InChI is InChI=1S/C19H31N3O2/c1-13(2)11-22-6-7-24-17(12-22)10-20-19(23)21-18-15(4)8-14(3)9-16(18)5/h8-9,13,17H,6-7,10-12H2,1-5H3,(H2,20,21,23). The van der Waals surface area contributed by atoms with E-state index >= 15 is 0 Å². The van der Waals surface area contributed by atoms with Gasteiger partial charge in [-0.05, 0) is 37.8 Å². The molecule has 134 valence electrons. The van der Waals surface area contributed by atoms with Gasteiger partial charge in [-0.2, -0.15) is 0 Å². The minimum atomic E-state index is -0.172. The van der Waals surface area contributed by atoms with Crippen LogP contribution in [-0.4, -0.2) is 49.8 Å². The molecule has 24 heavy (non-hydrogen) atoms. The summed E-state index contributed by atoms with van der Waals surface area (Å²) in [6.07, 6.45) is 0.0588. The highest BCUT2D eigenvalue weighted by Gasteiger charge is 2.21. The van der Waals surface area contributed by atoms with Crippen LogP contribution in [0.4, 0.5) is 10.5 Å². The van der Waals surface area contributed by atoms with Crippen LogP contribution in [0.5, 0.6) is 0 Å². The van der Waals surface area contributed by atoms with Crippen molar-refractivity contribution in [2.75, 3.05) is 38.1 Å². The Hall–Kier alpha value is -1.59. The maximum absolute atomic E-state index is 12.2. The summed E-state index contributed by atoms with van der Waals surface area (Å²) >= 11 is 0. The smallest absolute Gasteiger partial charge is 0.319 e. The number of urea groups is 1. The predicted molar refractivity (Wildman–Crippen MR) is 98.7 cm³/mol. The monoisotopic (exact) mass is 333 g/mol. The largest absolute Gasteiger partial charge is 0.374 e. The Labute approximate surface area is 145 Å². The zero-order valence-corrected chi connectivity index (χ0v) is 15.6. The normalized spacial score (nSPS) is 18.7. The van der Waals surface area contributed by atoms with Crippen LogP contribution in [0.25, 0.3) is 0 Å². The first-order valence-corrected chi connectivity index (χ1v) is 8.81. The Morgan fingerprint density at radius 1 is 1.29 bits per heavy atom. The number of anilines is 1. The average Bonchev–Trinajstić information content (AvgIpc) is 2.48. The maximum Gasteiger partial charge on any atom is 0.319 e. The third kappa shape index (κ3) is 5.49. The van der Waals surface area contributed by atoms with Gasteiger partial charge in [0.25, 0.3) is 0 Å². The number of morpholine rings is 1. The van der Waals surface area contributed by atoms with Crippen molar-refractivity contribution in [1.82, 2.24) is 10.2 Å². The molecule has 0 saturated carbocycles. The molecule has 5 nitrogen and oxygen atoms in total. The highest BCUT2D eigenvalue weighted by molar-refractivity contribution is 5.91. The summed E-state index contributed by atoms with van der Waals surface area (Å²) in [6.45, 7) is 14.7. The second-order valence-corrected chi connectivity index (χ2v) is 7.25. The van der Waals surface area contributed by atoms with E-state index < -0.39 is 0 Å². The number of amides is 2. The number of rotatable bonds is 5.